The summed E-state index contributed by atoms with van der Waals surface area (Å²) in [5, 5.41) is 6.33. The van der Waals surface area contributed by atoms with E-state index in [9.17, 15) is 0 Å². The van der Waals surface area contributed by atoms with Crippen LogP contribution in [0.3, 0.4) is 0 Å². The largest absolute Gasteiger partial charge is 0.493 e. The Bertz CT molecular complexity index is 936. The van der Waals surface area contributed by atoms with Crippen LogP contribution < -0.4 is 20.5 Å². The zero-order valence-corrected chi connectivity index (χ0v) is 14.5. The van der Waals surface area contributed by atoms with E-state index < -0.39 is 0 Å². The van der Waals surface area contributed by atoms with Gasteiger partial charge >= 0.3 is 0 Å². The van der Waals surface area contributed by atoms with E-state index in [4.69, 9.17) is 15.2 Å². The smallest absolute Gasteiger partial charge is 0.162 e. The SMILES string of the molecule is COc1cc2ncc3c(N)nc(C4CCNCC4)cc3c2cc1OC. The first-order valence-electron chi connectivity index (χ1n) is 8.53. The summed E-state index contributed by atoms with van der Waals surface area (Å²) in [4.78, 5) is 9.19. The van der Waals surface area contributed by atoms with E-state index in [-0.39, 0.29) is 0 Å². The summed E-state index contributed by atoms with van der Waals surface area (Å²) in [7, 11) is 3.26. The van der Waals surface area contributed by atoms with Crippen LogP contribution in [0.4, 0.5) is 5.82 Å². The molecule has 0 saturated carbocycles. The number of pyridine rings is 2. The number of hydrogen-bond acceptors (Lipinski definition) is 6. The number of nitrogens with zero attached hydrogens (tertiary/aromatic N) is 2. The summed E-state index contributed by atoms with van der Waals surface area (Å²) in [6.45, 7) is 2.04. The number of piperidine rings is 1. The van der Waals surface area contributed by atoms with Crippen LogP contribution in [0.2, 0.25) is 0 Å². The molecule has 1 fully saturated rings. The Morgan fingerprint density at radius 1 is 1.00 bits per heavy atom. The van der Waals surface area contributed by atoms with Gasteiger partial charge < -0.3 is 20.5 Å². The summed E-state index contributed by atoms with van der Waals surface area (Å²) < 4.78 is 10.9. The van der Waals surface area contributed by atoms with Crippen LogP contribution in [0.1, 0.15) is 24.5 Å². The Labute approximate surface area is 146 Å². The Kier molecular flexibility index (Phi) is 4.05. The predicted octanol–water partition coefficient (Wildman–Crippen LogP) is 2.85. The monoisotopic (exact) mass is 338 g/mol. The van der Waals surface area contributed by atoms with Crippen LogP contribution in [0.5, 0.6) is 11.5 Å². The second-order valence-electron chi connectivity index (χ2n) is 6.40. The number of nitrogen functional groups attached to an aromatic ring is 1. The third-order valence-electron chi connectivity index (χ3n) is 4.99. The fourth-order valence-electron chi connectivity index (χ4n) is 3.61. The maximum Gasteiger partial charge on any atom is 0.162 e. The Morgan fingerprint density at radius 3 is 2.44 bits per heavy atom. The number of benzene rings is 1. The maximum absolute atomic E-state index is 6.26. The normalized spacial score (nSPS) is 15.6. The van der Waals surface area contributed by atoms with Crippen molar-refractivity contribution in [3.63, 3.8) is 0 Å². The first kappa shape index (κ1) is 15.9. The van der Waals surface area contributed by atoms with Crippen molar-refractivity contribution in [1.82, 2.24) is 15.3 Å². The molecule has 1 aliphatic heterocycles. The van der Waals surface area contributed by atoms with Gasteiger partial charge in [-0.05, 0) is 43.5 Å². The van der Waals surface area contributed by atoms with Crippen molar-refractivity contribution >= 4 is 27.5 Å². The molecule has 1 aromatic carbocycles. The van der Waals surface area contributed by atoms with E-state index in [0.29, 0.717) is 23.2 Å². The highest BCUT2D eigenvalue weighted by Crippen LogP contribution is 2.37. The van der Waals surface area contributed by atoms with E-state index in [1.807, 2.05) is 12.1 Å². The molecule has 0 unspecified atom stereocenters. The Hall–Kier alpha value is -2.60. The van der Waals surface area contributed by atoms with Gasteiger partial charge in [0.2, 0.25) is 0 Å². The van der Waals surface area contributed by atoms with Crippen LogP contribution in [-0.2, 0) is 0 Å². The molecule has 6 nitrogen and oxygen atoms in total. The number of hydrogen-bond donors (Lipinski definition) is 2. The van der Waals surface area contributed by atoms with Crippen molar-refractivity contribution in [1.29, 1.82) is 0 Å². The van der Waals surface area contributed by atoms with E-state index in [2.05, 4.69) is 21.4 Å². The molecule has 25 heavy (non-hydrogen) atoms. The van der Waals surface area contributed by atoms with Crippen molar-refractivity contribution in [2.24, 2.45) is 0 Å². The zero-order valence-electron chi connectivity index (χ0n) is 14.5. The number of anilines is 1. The van der Waals surface area contributed by atoms with E-state index in [0.717, 1.165) is 53.3 Å². The van der Waals surface area contributed by atoms with Crippen LogP contribution in [0.25, 0.3) is 21.7 Å². The zero-order chi connectivity index (χ0) is 17.4. The first-order valence-corrected chi connectivity index (χ1v) is 8.53. The summed E-state index contributed by atoms with van der Waals surface area (Å²) in [6.07, 6.45) is 3.95. The number of ether oxygens (including phenoxy) is 2. The molecule has 0 radical (unpaired) electrons. The maximum atomic E-state index is 6.26. The van der Waals surface area contributed by atoms with Crippen molar-refractivity contribution in [3.8, 4) is 11.5 Å². The molecule has 130 valence electrons. The molecule has 3 heterocycles. The standard InChI is InChI=1S/C19H22N4O2/c1-24-17-8-13-12-7-15(11-3-5-21-6-4-11)23-19(20)14(12)10-22-16(13)9-18(17)25-2/h7-11,21H,3-6H2,1-2H3,(H2,20,23). The van der Waals surface area contributed by atoms with Crippen LogP contribution in [-0.4, -0.2) is 37.3 Å². The molecule has 1 aliphatic rings. The number of aromatic nitrogens is 2. The van der Waals surface area contributed by atoms with Gasteiger partial charge in [-0.3, -0.25) is 4.98 Å². The minimum Gasteiger partial charge on any atom is -0.493 e. The molecule has 2 aromatic heterocycles. The fraction of sp³-hybridized carbons (Fsp3) is 0.368. The molecular weight excluding hydrogens is 316 g/mol. The highest BCUT2D eigenvalue weighted by molar-refractivity contribution is 6.09. The summed E-state index contributed by atoms with van der Waals surface area (Å²) in [5.41, 5.74) is 8.18. The molecule has 0 atom stereocenters. The average Bonchev–Trinajstić information content (AvgIpc) is 2.67. The van der Waals surface area contributed by atoms with Gasteiger partial charge in [0, 0.05) is 34.6 Å². The minimum absolute atomic E-state index is 0.441. The third kappa shape index (κ3) is 2.72. The van der Waals surface area contributed by atoms with Crippen molar-refractivity contribution < 1.29 is 9.47 Å². The summed E-state index contributed by atoms with van der Waals surface area (Å²) in [5.74, 6) is 2.33. The summed E-state index contributed by atoms with van der Waals surface area (Å²) >= 11 is 0. The molecule has 0 aliphatic carbocycles. The molecular formula is C19H22N4O2. The molecule has 0 spiro atoms. The number of rotatable bonds is 3. The van der Waals surface area contributed by atoms with Crippen LogP contribution >= 0.6 is 0 Å². The van der Waals surface area contributed by atoms with Gasteiger partial charge in [0.1, 0.15) is 5.82 Å². The van der Waals surface area contributed by atoms with Gasteiger partial charge in [-0.15, -0.1) is 0 Å². The first-order chi connectivity index (χ1) is 12.2. The number of methoxy groups -OCH3 is 2. The Balaban J connectivity index is 1.96. The van der Waals surface area contributed by atoms with Gasteiger partial charge in [-0.25, -0.2) is 4.98 Å². The predicted molar refractivity (Wildman–Crippen MR) is 99.4 cm³/mol. The quantitative estimate of drug-likeness (QED) is 0.715. The molecule has 3 aromatic rings. The highest BCUT2D eigenvalue weighted by Gasteiger charge is 2.19. The topological polar surface area (TPSA) is 82.3 Å². The van der Waals surface area contributed by atoms with Crippen molar-refractivity contribution in [2.75, 3.05) is 33.0 Å². The van der Waals surface area contributed by atoms with Gasteiger partial charge in [-0.2, -0.15) is 0 Å². The van der Waals surface area contributed by atoms with Crippen molar-refractivity contribution in [3.05, 3.63) is 30.1 Å². The molecule has 6 heteroatoms. The van der Waals surface area contributed by atoms with Crippen LogP contribution in [0.15, 0.2) is 24.4 Å². The van der Waals surface area contributed by atoms with Gasteiger partial charge in [0.25, 0.3) is 0 Å². The molecule has 3 N–H and O–H groups in total. The number of nitrogens with one attached hydrogen (secondary N) is 1. The van der Waals surface area contributed by atoms with Gasteiger partial charge in [0.15, 0.2) is 11.5 Å². The lowest BCUT2D eigenvalue weighted by Gasteiger charge is -2.23. The molecule has 0 bridgehead atoms. The number of nitrogens with two attached hydrogens (primary N) is 1. The highest BCUT2D eigenvalue weighted by atomic mass is 16.5. The molecule has 1 saturated heterocycles. The second-order valence-corrected chi connectivity index (χ2v) is 6.40. The number of fused-ring (bicyclic) bond motifs is 3. The fourth-order valence-corrected chi connectivity index (χ4v) is 3.61. The lowest BCUT2D eigenvalue weighted by molar-refractivity contribution is 0.356. The second kappa shape index (κ2) is 6.37. The van der Waals surface area contributed by atoms with Crippen molar-refractivity contribution in [2.45, 2.75) is 18.8 Å². The van der Waals surface area contributed by atoms with E-state index in [1.54, 1.807) is 20.4 Å². The van der Waals surface area contributed by atoms with Gasteiger partial charge in [-0.1, -0.05) is 0 Å². The molecule has 0 amide bonds. The van der Waals surface area contributed by atoms with Gasteiger partial charge in [0.05, 0.1) is 19.7 Å². The minimum atomic E-state index is 0.441. The van der Waals surface area contributed by atoms with Crippen LogP contribution in [0, 0.1) is 0 Å². The average molecular weight is 338 g/mol. The lowest BCUT2D eigenvalue weighted by Crippen LogP contribution is -2.27. The Morgan fingerprint density at radius 2 is 1.72 bits per heavy atom. The third-order valence-corrected chi connectivity index (χ3v) is 4.99. The molecule has 4 rings (SSSR count). The van der Waals surface area contributed by atoms with E-state index >= 15 is 0 Å². The summed E-state index contributed by atoms with van der Waals surface area (Å²) in [6, 6.07) is 6.03. The lowest BCUT2D eigenvalue weighted by atomic mass is 9.92. The van der Waals surface area contributed by atoms with E-state index in [1.165, 1.54) is 0 Å².